The molecule has 1 unspecified atom stereocenters. The second-order valence-corrected chi connectivity index (χ2v) is 9.01. The molecule has 2 saturated heterocycles. The van der Waals surface area contributed by atoms with Gasteiger partial charge in [0.25, 0.3) is 5.91 Å². The summed E-state index contributed by atoms with van der Waals surface area (Å²) in [4.78, 5) is 17.4. The highest BCUT2D eigenvalue weighted by molar-refractivity contribution is 5.77. The van der Waals surface area contributed by atoms with Gasteiger partial charge in [-0.05, 0) is 55.7 Å². The zero-order valence-corrected chi connectivity index (χ0v) is 17.4. The molecule has 3 aliphatic rings. The van der Waals surface area contributed by atoms with Crippen LogP contribution in [0.25, 0.3) is 0 Å². The Kier molecular flexibility index (Phi) is 5.93. The molecule has 5 heteroatoms. The summed E-state index contributed by atoms with van der Waals surface area (Å²) in [5.41, 5.74) is 1.46. The van der Waals surface area contributed by atoms with E-state index in [4.69, 9.17) is 9.47 Å². The summed E-state index contributed by atoms with van der Waals surface area (Å²) in [6.07, 6.45) is 6.26. The highest BCUT2D eigenvalue weighted by Gasteiger charge is 2.50. The smallest absolute Gasteiger partial charge is 0.260 e. The highest BCUT2D eigenvalue weighted by Crippen LogP contribution is 2.47. The number of carbonyl (C=O) groups is 1. The lowest BCUT2D eigenvalue weighted by Crippen LogP contribution is -2.48. The molecule has 1 spiro atoms. The molecule has 1 aromatic rings. The van der Waals surface area contributed by atoms with Gasteiger partial charge in [-0.2, -0.15) is 0 Å². The van der Waals surface area contributed by atoms with Crippen molar-refractivity contribution >= 4 is 5.91 Å². The fourth-order valence-corrected chi connectivity index (χ4v) is 5.24. The summed E-state index contributed by atoms with van der Waals surface area (Å²) in [7, 11) is 1.82. The third kappa shape index (κ3) is 4.06. The molecule has 2 aliphatic heterocycles. The van der Waals surface area contributed by atoms with Crippen molar-refractivity contribution in [3.63, 3.8) is 0 Å². The van der Waals surface area contributed by atoms with Crippen LogP contribution in [0, 0.1) is 18.3 Å². The molecule has 0 bridgehead atoms. The molecule has 0 N–H and O–H groups in total. The van der Waals surface area contributed by atoms with Crippen LogP contribution in [0.3, 0.4) is 0 Å². The summed E-state index contributed by atoms with van der Waals surface area (Å²) in [6, 6.07) is 8.67. The Morgan fingerprint density at radius 2 is 2.04 bits per heavy atom. The van der Waals surface area contributed by atoms with Gasteiger partial charge in [-0.1, -0.05) is 18.6 Å². The van der Waals surface area contributed by atoms with Gasteiger partial charge in [0.2, 0.25) is 0 Å². The molecular formula is C23H34N2O3. The summed E-state index contributed by atoms with van der Waals surface area (Å²) >= 11 is 0. The Hall–Kier alpha value is -1.59. The first-order valence-electron chi connectivity index (χ1n) is 10.8. The average molecular weight is 387 g/mol. The summed E-state index contributed by atoms with van der Waals surface area (Å²) in [6.45, 7) is 7.05. The number of hydrogen-bond acceptors (Lipinski definition) is 4. The molecule has 1 aliphatic carbocycles. The molecule has 1 saturated carbocycles. The molecule has 1 atom stereocenters. The number of methoxy groups -OCH3 is 1. The highest BCUT2D eigenvalue weighted by atomic mass is 16.5. The molecule has 3 fully saturated rings. The Morgan fingerprint density at radius 3 is 2.68 bits per heavy atom. The maximum atomic E-state index is 12.7. The van der Waals surface area contributed by atoms with Gasteiger partial charge in [-0.3, -0.25) is 9.69 Å². The number of carbonyl (C=O) groups excluding carboxylic acids is 1. The maximum Gasteiger partial charge on any atom is 0.260 e. The predicted molar refractivity (Wildman–Crippen MR) is 109 cm³/mol. The first kappa shape index (κ1) is 19.7. The molecule has 2 heterocycles. The van der Waals surface area contributed by atoms with Crippen LogP contribution in [0.4, 0.5) is 0 Å². The van der Waals surface area contributed by atoms with Crippen molar-refractivity contribution in [2.45, 2.75) is 45.1 Å². The van der Waals surface area contributed by atoms with Crippen LogP contribution in [0.1, 0.15) is 37.7 Å². The van der Waals surface area contributed by atoms with Crippen molar-refractivity contribution in [3.8, 4) is 5.75 Å². The number of amides is 1. The Morgan fingerprint density at radius 1 is 1.25 bits per heavy atom. The lowest BCUT2D eigenvalue weighted by molar-refractivity contribution is -0.136. The van der Waals surface area contributed by atoms with Crippen LogP contribution >= 0.6 is 0 Å². The Bertz CT molecular complexity index is 680. The van der Waals surface area contributed by atoms with Crippen LogP contribution < -0.4 is 4.74 Å². The van der Waals surface area contributed by atoms with E-state index in [1.54, 1.807) is 0 Å². The van der Waals surface area contributed by atoms with E-state index in [1.165, 1.54) is 32.4 Å². The van der Waals surface area contributed by atoms with Crippen LogP contribution in [0.15, 0.2) is 24.3 Å². The molecule has 1 aromatic carbocycles. The fourth-order valence-electron chi connectivity index (χ4n) is 5.24. The summed E-state index contributed by atoms with van der Waals surface area (Å²) in [5.74, 6) is 1.47. The SMILES string of the molecule is COCC1CN(C2CCC2)CC12CCN(C(=O)COc1cccc(C)c1)CC2. The zero-order chi connectivity index (χ0) is 19.6. The molecule has 0 radical (unpaired) electrons. The van der Waals surface area contributed by atoms with Gasteiger partial charge in [-0.25, -0.2) is 0 Å². The first-order chi connectivity index (χ1) is 13.6. The van der Waals surface area contributed by atoms with E-state index >= 15 is 0 Å². The van der Waals surface area contributed by atoms with Gasteiger partial charge in [-0.15, -0.1) is 0 Å². The third-order valence-corrected chi connectivity index (χ3v) is 7.26. The quantitative estimate of drug-likeness (QED) is 0.753. The van der Waals surface area contributed by atoms with Crippen molar-refractivity contribution in [3.05, 3.63) is 29.8 Å². The zero-order valence-electron chi connectivity index (χ0n) is 17.4. The average Bonchev–Trinajstić information content (AvgIpc) is 2.96. The van der Waals surface area contributed by atoms with E-state index in [0.29, 0.717) is 11.3 Å². The molecular weight excluding hydrogens is 352 g/mol. The van der Waals surface area contributed by atoms with Gasteiger partial charge in [0.05, 0.1) is 6.61 Å². The monoisotopic (exact) mass is 386 g/mol. The number of rotatable bonds is 6. The first-order valence-corrected chi connectivity index (χ1v) is 10.8. The second kappa shape index (κ2) is 8.42. The van der Waals surface area contributed by atoms with E-state index in [1.807, 2.05) is 43.2 Å². The van der Waals surface area contributed by atoms with Gasteiger partial charge in [0, 0.05) is 45.2 Å². The molecule has 4 rings (SSSR count). The van der Waals surface area contributed by atoms with Crippen molar-refractivity contribution in [1.82, 2.24) is 9.80 Å². The largest absolute Gasteiger partial charge is 0.484 e. The van der Waals surface area contributed by atoms with Crippen LogP contribution in [-0.2, 0) is 9.53 Å². The third-order valence-electron chi connectivity index (χ3n) is 7.26. The number of nitrogens with zero attached hydrogens (tertiary/aromatic N) is 2. The van der Waals surface area contributed by atoms with E-state index in [0.717, 1.165) is 49.9 Å². The fraction of sp³-hybridized carbons (Fsp3) is 0.696. The number of ether oxygens (including phenoxy) is 2. The minimum Gasteiger partial charge on any atom is -0.484 e. The van der Waals surface area contributed by atoms with Crippen molar-refractivity contribution in [2.75, 3.05) is 46.5 Å². The lowest BCUT2D eigenvalue weighted by atomic mass is 9.71. The molecule has 154 valence electrons. The standard InChI is InChI=1S/C23H34N2O3/c1-18-5-3-8-21(13-18)28-16-22(26)24-11-9-23(10-12-24)17-25(20-6-4-7-20)14-19(23)15-27-2/h3,5,8,13,19-20H,4,6-7,9-12,14-17H2,1-2H3. The van der Waals surface area contributed by atoms with Crippen LogP contribution in [-0.4, -0.2) is 68.3 Å². The number of aryl methyl sites for hydroxylation is 1. The minimum absolute atomic E-state index is 0.105. The van der Waals surface area contributed by atoms with Crippen LogP contribution in [0.2, 0.25) is 0 Å². The predicted octanol–water partition coefficient (Wildman–Crippen LogP) is 3.11. The number of likely N-dealkylation sites (tertiary alicyclic amines) is 2. The number of benzene rings is 1. The molecule has 5 nitrogen and oxygen atoms in total. The number of hydrogen-bond donors (Lipinski definition) is 0. The van der Waals surface area contributed by atoms with E-state index < -0.39 is 0 Å². The van der Waals surface area contributed by atoms with Crippen LogP contribution in [0.5, 0.6) is 5.75 Å². The van der Waals surface area contributed by atoms with E-state index in [2.05, 4.69) is 4.90 Å². The summed E-state index contributed by atoms with van der Waals surface area (Å²) < 4.78 is 11.3. The summed E-state index contributed by atoms with van der Waals surface area (Å²) in [5, 5.41) is 0. The normalized spacial score (nSPS) is 25.1. The second-order valence-electron chi connectivity index (χ2n) is 9.01. The van der Waals surface area contributed by atoms with Crippen molar-refractivity contribution < 1.29 is 14.3 Å². The lowest BCUT2D eigenvalue weighted by Gasteiger charge is -2.43. The maximum absolute atomic E-state index is 12.7. The van der Waals surface area contributed by atoms with E-state index in [9.17, 15) is 4.79 Å². The Labute approximate surface area is 169 Å². The molecule has 28 heavy (non-hydrogen) atoms. The van der Waals surface area contributed by atoms with Crippen molar-refractivity contribution in [1.29, 1.82) is 0 Å². The van der Waals surface area contributed by atoms with E-state index in [-0.39, 0.29) is 12.5 Å². The Balaban J connectivity index is 1.31. The van der Waals surface area contributed by atoms with Gasteiger partial charge < -0.3 is 14.4 Å². The minimum atomic E-state index is 0.105. The van der Waals surface area contributed by atoms with Gasteiger partial charge in [0.15, 0.2) is 6.61 Å². The topological polar surface area (TPSA) is 42.0 Å². The van der Waals surface area contributed by atoms with Gasteiger partial charge in [0.1, 0.15) is 5.75 Å². The number of piperidine rings is 1. The molecule has 0 aromatic heterocycles. The molecule has 1 amide bonds. The van der Waals surface area contributed by atoms with Gasteiger partial charge >= 0.3 is 0 Å². The van der Waals surface area contributed by atoms with Crippen molar-refractivity contribution in [2.24, 2.45) is 11.3 Å².